The fraction of sp³-hybridized carbons (Fsp3) is 0.273. The highest BCUT2D eigenvalue weighted by Gasteiger charge is 2.30. The first-order chi connectivity index (χ1) is 7.72. The van der Waals surface area contributed by atoms with Crippen LogP contribution in [0.4, 0.5) is 5.13 Å². The summed E-state index contributed by atoms with van der Waals surface area (Å²) in [5, 5.41) is 12.7. The van der Waals surface area contributed by atoms with Gasteiger partial charge in [-0.25, -0.2) is 4.98 Å². The quantitative estimate of drug-likeness (QED) is 0.838. The Labute approximate surface area is 95.9 Å². The van der Waals surface area contributed by atoms with Gasteiger partial charge in [0.05, 0.1) is 10.2 Å². The van der Waals surface area contributed by atoms with Crippen LogP contribution in [0, 0.1) is 5.92 Å². The van der Waals surface area contributed by atoms with E-state index in [0.29, 0.717) is 5.13 Å². The van der Waals surface area contributed by atoms with Crippen LogP contribution in [-0.4, -0.2) is 16.0 Å². The van der Waals surface area contributed by atoms with Gasteiger partial charge < -0.3 is 10.4 Å². The molecule has 1 amide bonds. The third-order valence-electron chi connectivity index (χ3n) is 2.55. The number of carbonyl (C=O) groups is 1. The molecule has 0 aliphatic heterocycles. The first-order valence-corrected chi connectivity index (χ1v) is 5.94. The van der Waals surface area contributed by atoms with Crippen LogP contribution in [0.3, 0.4) is 0 Å². The van der Waals surface area contributed by atoms with Crippen molar-refractivity contribution in [2.75, 3.05) is 5.32 Å². The maximum absolute atomic E-state index is 11.5. The number of aromatic nitrogens is 1. The van der Waals surface area contributed by atoms with Gasteiger partial charge in [0.2, 0.25) is 5.91 Å². The van der Waals surface area contributed by atoms with Crippen molar-refractivity contribution in [3.05, 3.63) is 18.2 Å². The van der Waals surface area contributed by atoms with Crippen LogP contribution in [0.2, 0.25) is 0 Å². The number of nitrogens with one attached hydrogen (secondary N) is 1. The number of phenols is 1. The van der Waals surface area contributed by atoms with Crippen molar-refractivity contribution in [2.24, 2.45) is 5.92 Å². The number of phenolic OH excluding ortho intramolecular Hbond substituents is 1. The van der Waals surface area contributed by atoms with Crippen molar-refractivity contribution in [3.8, 4) is 5.75 Å². The van der Waals surface area contributed by atoms with Gasteiger partial charge in [-0.2, -0.15) is 0 Å². The Kier molecular flexibility index (Phi) is 2.07. The fourth-order valence-corrected chi connectivity index (χ4v) is 2.37. The molecule has 82 valence electrons. The lowest BCUT2D eigenvalue weighted by Gasteiger charge is -1.96. The molecular weight excluding hydrogens is 224 g/mol. The van der Waals surface area contributed by atoms with Gasteiger partial charge in [-0.1, -0.05) is 11.3 Å². The van der Waals surface area contributed by atoms with E-state index in [2.05, 4.69) is 10.3 Å². The van der Waals surface area contributed by atoms with E-state index in [1.807, 2.05) is 0 Å². The molecule has 0 atom stereocenters. The van der Waals surface area contributed by atoms with E-state index in [1.165, 1.54) is 11.3 Å². The number of anilines is 1. The Morgan fingerprint density at radius 3 is 3.06 bits per heavy atom. The molecule has 0 spiro atoms. The lowest BCUT2D eigenvalue weighted by atomic mass is 10.3. The average Bonchev–Trinajstić information content (AvgIpc) is 3.00. The number of fused-ring (bicyclic) bond motifs is 1. The SMILES string of the molecule is O=C(Nc1nc2cc(O)ccc2s1)C1CC1. The van der Waals surface area contributed by atoms with E-state index in [-0.39, 0.29) is 17.6 Å². The minimum Gasteiger partial charge on any atom is -0.508 e. The molecule has 0 unspecified atom stereocenters. The molecule has 1 heterocycles. The molecule has 4 nitrogen and oxygen atoms in total. The van der Waals surface area contributed by atoms with Crippen molar-refractivity contribution in [3.63, 3.8) is 0 Å². The van der Waals surface area contributed by atoms with E-state index < -0.39 is 0 Å². The molecule has 1 aliphatic rings. The highest BCUT2D eigenvalue weighted by Crippen LogP contribution is 2.32. The summed E-state index contributed by atoms with van der Waals surface area (Å²) in [7, 11) is 0. The molecule has 0 radical (unpaired) electrons. The second-order valence-electron chi connectivity index (χ2n) is 3.93. The number of amides is 1. The molecule has 1 aromatic heterocycles. The Balaban J connectivity index is 1.89. The zero-order chi connectivity index (χ0) is 11.1. The third kappa shape index (κ3) is 1.74. The summed E-state index contributed by atoms with van der Waals surface area (Å²) in [6.07, 6.45) is 1.97. The van der Waals surface area contributed by atoms with Crippen molar-refractivity contribution in [1.82, 2.24) is 4.98 Å². The zero-order valence-corrected chi connectivity index (χ0v) is 9.25. The molecule has 1 saturated carbocycles. The van der Waals surface area contributed by atoms with Gasteiger partial charge in [0.1, 0.15) is 5.75 Å². The summed E-state index contributed by atoms with van der Waals surface area (Å²) in [5.41, 5.74) is 0.719. The topological polar surface area (TPSA) is 62.2 Å². The molecule has 5 heteroatoms. The monoisotopic (exact) mass is 234 g/mol. The highest BCUT2D eigenvalue weighted by molar-refractivity contribution is 7.22. The first-order valence-electron chi connectivity index (χ1n) is 5.13. The maximum Gasteiger partial charge on any atom is 0.229 e. The number of rotatable bonds is 2. The van der Waals surface area contributed by atoms with Crippen LogP contribution in [0.25, 0.3) is 10.2 Å². The van der Waals surface area contributed by atoms with Gasteiger partial charge >= 0.3 is 0 Å². The lowest BCUT2D eigenvalue weighted by molar-refractivity contribution is -0.117. The number of hydrogen-bond donors (Lipinski definition) is 2. The minimum atomic E-state index is 0.0586. The van der Waals surface area contributed by atoms with E-state index in [1.54, 1.807) is 18.2 Å². The van der Waals surface area contributed by atoms with Gasteiger partial charge in [0, 0.05) is 12.0 Å². The molecular formula is C11H10N2O2S. The normalized spacial score (nSPS) is 15.2. The van der Waals surface area contributed by atoms with Gasteiger partial charge in [0.15, 0.2) is 5.13 Å². The molecule has 2 N–H and O–H groups in total. The molecule has 1 aromatic carbocycles. The Hall–Kier alpha value is -1.62. The Morgan fingerprint density at radius 2 is 2.31 bits per heavy atom. The molecule has 1 fully saturated rings. The summed E-state index contributed by atoms with van der Waals surface area (Å²) < 4.78 is 0.962. The summed E-state index contributed by atoms with van der Waals surface area (Å²) in [6, 6.07) is 5.01. The van der Waals surface area contributed by atoms with Crippen molar-refractivity contribution in [1.29, 1.82) is 0 Å². The lowest BCUT2D eigenvalue weighted by Crippen LogP contribution is -2.12. The summed E-state index contributed by atoms with van der Waals surface area (Å²) in [4.78, 5) is 15.8. The molecule has 16 heavy (non-hydrogen) atoms. The number of carbonyl (C=O) groups excluding carboxylic acids is 1. The predicted molar refractivity (Wildman–Crippen MR) is 62.6 cm³/mol. The molecule has 0 saturated heterocycles. The smallest absolute Gasteiger partial charge is 0.229 e. The van der Waals surface area contributed by atoms with E-state index in [0.717, 1.165) is 23.1 Å². The third-order valence-corrected chi connectivity index (χ3v) is 3.50. The second-order valence-corrected chi connectivity index (χ2v) is 4.97. The zero-order valence-electron chi connectivity index (χ0n) is 8.43. The Bertz CT molecular complexity index is 560. The van der Waals surface area contributed by atoms with Gasteiger partial charge in [0.25, 0.3) is 0 Å². The van der Waals surface area contributed by atoms with Gasteiger partial charge in [-0.05, 0) is 25.0 Å². The highest BCUT2D eigenvalue weighted by atomic mass is 32.1. The van der Waals surface area contributed by atoms with Gasteiger partial charge in [-0.15, -0.1) is 0 Å². The fourth-order valence-electron chi connectivity index (χ4n) is 1.52. The molecule has 3 rings (SSSR count). The average molecular weight is 234 g/mol. The molecule has 1 aliphatic carbocycles. The Morgan fingerprint density at radius 1 is 1.50 bits per heavy atom. The molecule has 2 aromatic rings. The van der Waals surface area contributed by atoms with Crippen LogP contribution in [0.15, 0.2) is 18.2 Å². The standard InChI is InChI=1S/C11H10N2O2S/c14-7-3-4-9-8(5-7)12-11(16-9)13-10(15)6-1-2-6/h3-6,14H,1-2H2,(H,12,13,15). The van der Waals surface area contributed by atoms with Crippen molar-refractivity contribution < 1.29 is 9.90 Å². The molecule has 0 bridgehead atoms. The largest absolute Gasteiger partial charge is 0.508 e. The van der Waals surface area contributed by atoms with Crippen LogP contribution in [0.1, 0.15) is 12.8 Å². The van der Waals surface area contributed by atoms with Crippen LogP contribution < -0.4 is 5.32 Å². The van der Waals surface area contributed by atoms with E-state index in [4.69, 9.17) is 0 Å². The second kappa shape index (κ2) is 3.45. The first kappa shape index (κ1) is 9.59. The van der Waals surface area contributed by atoms with Crippen LogP contribution >= 0.6 is 11.3 Å². The number of hydrogen-bond acceptors (Lipinski definition) is 4. The number of aromatic hydroxyl groups is 1. The van der Waals surface area contributed by atoms with Crippen LogP contribution in [0.5, 0.6) is 5.75 Å². The number of thiazole rings is 1. The minimum absolute atomic E-state index is 0.0586. The summed E-state index contributed by atoms with van der Waals surface area (Å²) >= 11 is 1.43. The number of benzene rings is 1. The van der Waals surface area contributed by atoms with E-state index in [9.17, 15) is 9.90 Å². The van der Waals surface area contributed by atoms with E-state index >= 15 is 0 Å². The van der Waals surface area contributed by atoms with Gasteiger partial charge in [-0.3, -0.25) is 4.79 Å². The van der Waals surface area contributed by atoms with Crippen LogP contribution in [-0.2, 0) is 4.79 Å². The predicted octanol–water partition coefficient (Wildman–Crippen LogP) is 2.35. The summed E-state index contributed by atoms with van der Waals surface area (Å²) in [6.45, 7) is 0. The number of nitrogens with zero attached hydrogens (tertiary/aromatic N) is 1. The van der Waals surface area contributed by atoms with Crippen molar-refractivity contribution in [2.45, 2.75) is 12.8 Å². The van der Waals surface area contributed by atoms with Crippen molar-refractivity contribution >= 4 is 32.6 Å². The maximum atomic E-state index is 11.5. The summed E-state index contributed by atoms with van der Waals surface area (Å²) in [5.74, 6) is 0.432.